The van der Waals surface area contributed by atoms with Crippen LogP contribution in [0.4, 0.5) is 0 Å². The molecule has 102 valence electrons. The third-order valence-electron chi connectivity index (χ3n) is 2.65. The first-order chi connectivity index (χ1) is 8.24. The molecular weight excluding hydrogens is 258 g/mol. The number of nitrogens with zero attached hydrogens (tertiary/aromatic N) is 1. The predicted octanol–water partition coefficient (Wildman–Crippen LogP) is -0.0587. The van der Waals surface area contributed by atoms with E-state index in [1.54, 1.807) is 0 Å². The van der Waals surface area contributed by atoms with Gasteiger partial charge in [0.1, 0.15) is 10.6 Å². The number of nitrogens with one attached hydrogen (secondary N) is 2. The van der Waals surface area contributed by atoms with Gasteiger partial charge in [0, 0.05) is 18.8 Å². The number of hydrogen-bond donors (Lipinski definition) is 3. The van der Waals surface area contributed by atoms with Crippen molar-refractivity contribution in [1.82, 2.24) is 14.6 Å². The van der Waals surface area contributed by atoms with Crippen molar-refractivity contribution in [3.8, 4) is 0 Å². The fourth-order valence-corrected chi connectivity index (χ4v) is 2.26. The molecule has 0 radical (unpaired) electrons. The van der Waals surface area contributed by atoms with Crippen molar-refractivity contribution in [2.24, 2.45) is 0 Å². The highest BCUT2D eigenvalue weighted by atomic mass is 32.2. The second kappa shape index (κ2) is 5.51. The van der Waals surface area contributed by atoms with E-state index in [4.69, 9.17) is 5.11 Å². The van der Waals surface area contributed by atoms with Gasteiger partial charge < -0.3 is 15.0 Å². The Hall–Kier alpha value is -1.38. The van der Waals surface area contributed by atoms with Gasteiger partial charge in [-0.25, -0.2) is 17.9 Å². The second-order valence-corrected chi connectivity index (χ2v) is 5.99. The highest BCUT2D eigenvalue weighted by molar-refractivity contribution is 7.89. The highest BCUT2D eigenvalue weighted by Gasteiger charge is 2.19. The molecule has 0 aliphatic rings. The first kappa shape index (κ1) is 14.7. The normalized spacial score (nSPS) is 13.8. The summed E-state index contributed by atoms with van der Waals surface area (Å²) >= 11 is 0. The van der Waals surface area contributed by atoms with Gasteiger partial charge in [-0.3, -0.25) is 0 Å². The van der Waals surface area contributed by atoms with Crippen LogP contribution in [0.5, 0.6) is 0 Å². The Morgan fingerprint density at radius 2 is 2.17 bits per heavy atom. The van der Waals surface area contributed by atoms with Gasteiger partial charge in [0.05, 0.1) is 0 Å². The molecule has 8 heteroatoms. The van der Waals surface area contributed by atoms with Crippen LogP contribution in [0, 0.1) is 0 Å². The third-order valence-corrected chi connectivity index (χ3v) is 4.05. The van der Waals surface area contributed by atoms with Crippen molar-refractivity contribution in [3.05, 3.63) is 18.0 Å². The van der Waals surface area contributed by atoms with Crippen LogP contribution in [-0.2, 0) is 10.0 Å². The molecule has 0 spiro atoms. The lowest BCUT2D eigenvalue weighted by atomic mass is 10.3. The Bertz CT molecular complexity index is 521. The van der Waals surface area contributed by atoms with Gasteiger partial charge in [-0.15, -0.1) is 0 Å². The van der Waals surface area contributed by atoms with E-state index >= 15 is 0 Å². The maximum absolute atomic E-state index is 11.9. The van der Waals surface area contributed by atoms with Crippen LogP contribution >= 0.6 is 0 Å². The maximum atomic E-state index is 11.9. The van der Waals surface area contributed by atoms with Crippen molar-refractivity contribution in [1.29, 1.82) is 0 Å². The summed E-state index contributed by atoms with van der Waals surface area (Å²) in [7, 11) is 0.0173. The minimum Gasteiger partial charge on any atom is -0.477 e. The van der Waals surface area contributed by atoms with Gasteiger partial charge in [-0.05, 0) is 27.1 Å². The van der Waals surface area contributed by atoms with Crippen LogP contribution in [-0.4, -0.2) is 56.1 Å². The number of aromatic nitrogens is 1. The molecule has 0 bridgehead atoms. The standard InChI is InChI=1S/C10H17N3O4S/c1-7(13(2)3)5-12-18(16,17)8-4-9(10(14)15)11-6-8/h4,6-7,11-12H,5H2,1-3H3,(H,14,15). The number of aromatic carboxylic acids is 1. The highest BCUT2D eigenvalue weighted by Crippen LogP contribution is 2.10. The largest absolute Gasteiger partial charge is 0.477 e. The molecule has 18 heavy (non-hydrogen) atoms. The number of carboxylic acid groups (broad SMARTS) is 1. The molecule has 1 aromatic heterocycles. The Kier molecular flexibility index (Phi) is 4.49. The molecule has 1 heterocycles. The summed E-state index contributed by atoms with van der Waals surface area (Å²) in [6.07, 6.45) is 1.16. The number of H-pyrrole nitrogens is 1. The summed E-state index contributed by atoms with van der Waals surface area (Å²) in [5.41, 5.74) is -0.156. The molecule has 7 nitrogen and oxygen atoms in total. The average Bonchev–Trinajstić information content (AvgIpc) is 2.75. The molecule has 0 saturated carbocycles. The molecule has 0 fully saturated rings. The van der Waals surface area contributed by atoms with Gasteiger partial charge in [0.2, 0.25) is 10.0 Å². The third kappa shape index (κ3) is 3.56. The molecule has 1 rings (SSSR count). The summed E-state index contributed by atoms with van der Waals surface area (Å²) in [4.78, 5) is 14.8. The number of hydrogen-bond acceptors (Lipinski definition) is 4. The zero-order valence-electron chi connectivity index (χ0n) is 10.5. The molecule has 1 unspecified atom stereocenters. The first-order valence-corrected chi connectivity index (χ1v) is 6.80. The average molecular weight is 275 g/mol. The van der Waals surface area contributed by atoms with Gasteiger partial charge in [0.15, 0.2) is 0 Å². The Labute approximate surface area is 106 Å². The topological polar surface area (TPSA) is 102 Å². The fraction of sp³-hybridized carbons (Fsp3) is 0.500. The minimum atomic E-state index is -3.67. The van der Waals surface area contributed by atoms with Crippen LogP contribution in [0.25, 0.3) is 0 Å². The van der Waals surface area contributed by atoms with E-state index in [-0.39, 0.29) is 23.2 Å². The summed E-state index contributed by atoms with van der Waals surface area (Å²) in [6, 6.07) is 1.13. The predicted molar refractivity (Wildman–Crippen MR) is 66.1 cm³/mol. The van der Waals surface area contributed by atoms with Crippen molar-refractivity contribution in [3.63, 3.8) is 0 Å². The van der Waals surface area contributed by atoms with Gasteiger partial charge >= 0.3 is 5.97 Å². The minimum absolute atomic E-state index is 0.0395. The van der Waals surface area contributed by atoms with Gasteiger partial charge in [-0.1, -0.05) is 0 Å². The second-order valence-electron chi connectivity index (χ2n) is 4.22. The number of aromatic amines is 1. The molecule has 3 N–H and O–H groups in total. The fourth-order valence-electron chi connectivity index (χ4n) is 1.15. The molecule has 1 aromatic rings. The smallest absolute Gasteiger partial charge is 0.352 e. The number of carbonyl (C=O) groups is 1. The van der Waals surface area contributed by atoms with E-state index in [0.29, 0.717) is 0 Å². The van der Waals surface area contributed by atoms with Crippen LogP contribution in [0.15, 0.2) is 17.2 Å². The molecule has 0 aliphatic heterocycles. The van der Waals surface area contributed by atoms with Crippen LogP contribution in [0.2, 0.25) is 0 Å². The zero-order chi connectivity index (χ0) is 13.9. The summed E-state index contributed by atoms with van der Waals surface area (Å²) < 4.78 is 26.1. The quantitative estimate of drug-likeness (QED) is 0.675. The van der Waals surface area contributed by atoms with Gasteiger partial charge in [0.25, 0.3) is 0 Å². The van der Waals surface area contributed by atoms with Crippen molar-refractivity contribution in [2.45, 2.75) is 17.9 Å². The zero-order valence-corrected chi connectivity index (χ0v) is 11.3. The van der Waals surface area contributed by atoms with Crippen molar-refractivity contribution < 1.29 is 18.3 Å². The lowest BCUT2D eigenvalue weighted by molar-refractivity contribution is 0.0691. The van der Waals surface area contributed by atoms with E-state index in [9.17, 15) is 13.2 Å². The van der Waals surface area contributed by atoms with E-state index in [0.717, 1.165) is 12.3 Å². The lowest BCUT2D eigenvalue weighted by Gasteiger charge is -2.19. The number of rotatable bonds is 6. The van der Waals surface area contributed by atoms with E-state index in [1.165, 1.54) is 0 Å². The SMILES string of the molecule is CC(CNS(=O)(=O)c1c[nH]c(C(=O)O)c1)N(C)C. The Morgan fingerprint density at radius 3 is 2.61 bits per heavy atom. The lowest BCUT2D eigenvalue weighted by Crippen LogP contribution is -2.38. The van der Waals surface area contributed by atoms with E-state index in [1.807, 2.05) is 25.9 Å². The molecule has 0 aromatic carbocycles. The molecule has 1 atom stereocenters. The maximum Gasteiger partial charge on any atom is 0.352 e. The van der Waals surface area contributed by atoms with Crippen molar-refractivity contribution in [2.75, 3.05) is 20.6 Å². The summed E-state index contributed by atoms with van der Waals surface area (Å²) in [5, 5.41) is 8.70. The van der Waals surface area contributed by atoms with Crippen LogP contribution < -0.4 is 4.72 Å². The Balaban J connectivity index is 2.77. The molecular formula is C10H17N3O4S. The number of likely N-dealkylation sites (N-methyl/N-ethyl adjacent to an activating group) is 1. The van der Waals surface area contributed by atoms with Crippen LogP contribution in [0.3, 0.4) is 0 Å². The van der Waals surface area contributed by atoms with Crippen molar-refractivity contribution >= 4 is 16.0 Å². The van der Waals surface area contributed by atoms with E-state index < -0.39 is 16.0 Å². The van der Waals surface area contributed by atoms with Crippen LogP contribution in [0.1, 0.15) is 17.4 Å². The van der Waals surface area contributed by atoms with Gasteiger partial charge in [-0.2, -0.15) is 0 Å². The Morgan fingerprint density at radius 1 is 1.56 bits per heavy atom. The summed E-state index contributed by atoms with van der Waals surface area (Å²) in [5.74, 6) is -1.20. The molecule has 0 saturated heterocycles. The molecule has 0 amide bonds. The monoisotopic (exact) mass is 275 g/mol. The number of carboxylic acids is 1. The number of sulfonamides is 1. The summed E-state index contributed by atoms with van der Waals surface area (Å²) in [6.45, 7) is 2.13. The molecule has 0 aliphatic carbocycles. The van der Waals surface area contributed by atoms with E-state index in [2.05, 4.69) is 9.71 Å². The first-order valence-electron chi connectivity index (χ1n) is 5.32.